The number of nitrogens with zero attached hydrogens (tertiary/aromatic N) is 2. The maximum Gasteiger partial charge on any atom is 0.287 e. The van der Waals surface area contributed by atoms with Gasteiger partial charge in [-0.2, -0.15) is 4.98 Å². The number of nitrogens with one attached hydrogen (secondary N) is 1. The number of rotatable bonds is 8. The van der Waals surface area contributed by atoms with Gasteiger partial charge in [0.2, 0.25) is 11.7 Å². The number of hydrogen-bond donors (Lipinski definition) is 1. The maximum atomic E-state index is 12.4. The molecule has 8 nitrogen and oxygen atoms in total. The van der Waals surface area contributed by atoms with Crippen molar-refractivity contribution < 1.29 is 23.2 Å². The molecular weight excluding hydrogens is 362 g/mol. The summed E-state index contributed by atoms with van der Waals surface area (Å²) in [4.78, 5) is 16.9. The van der Waals surface area contributed by atoms with E-state index in [2.05, 4.69) is 15.5 Å². The normalized spacial score (nSPS) is 13.0. The van der Waals surface area contributed by atoms with Gasteiger partial charge in [0.1, 0.15) is 6.04 Å². The van der Waals surface area contributed by atoms with E-state index in [4.69, 9.17) is 18.4 Å². The fourth-order valence-electron chi connectivity index (χ4n) is 2.76. The number of amides is 1. The maximum absolute atomic E-state index is 12.4. The molecule has 148 valence electrons. The van der Waals surface area contributed by atoms with Crippen LogP contribution in [-0.2, 0) is 0 Å². The van der Waals surface area contributed by atoms with Gasteiger partial charge >= 0.3 is 0 Å². The SMILES string of the molecule is CC[C@@H](C)[C@H](NC(=O)c1ccco1)c1nc(-c2ccc(OC)c(OC)c2)no1. The van der Waals surface area contributed by atoms with Crippen LogP contribution in [0.4, 0.5) is 0 Å². The van der Waals surface area contributed by atoms with Gasteiger partial charge in [0.15, 0.2) is 17.3 Å². The van der Waals surface area contributed by atoms with Gasteiger partial charge in [-0.1, -0.05) is 25.4 Å². The number of furan rings is 1. The fraction of sp³-hybridized carbons (Fsp3) is 0.350. The average Bonchev–Trinajstić information content (AvgIpc) is 3.43. The van der Waals surface area contributed by atoms with Gasteiger partial charge in [0.05, 0.1) is 20.5 Å². The van der Waals surface area contributed by atoms with Crippen LogP contribution in [-0.4, -0.2) is 30.3 Å². The molecule has 3 rings (SSSR count). The smallest absolute Gasteiger partial charge is 0.287 e. The van der Waals surface area contributed by atoms with Gasteiger partial charge in [0, 0.05) is 5.56 Å². The van der Waals surface area contributed by atoms with Crippen LogP contribution in [0.1, 0.15) is 42.8 Å². The van der Waals surface area contributed by atoms with E-state index in [0.717, 1.165) is 6.42 Å². The fourth-order valence-corrected chi connectivity index (χ4v) is 2.76. The standard InChI is InChI=1S/C20H23N3O5/c1-5-12(2)17(21-19(24)15-7-6-10-27-15)20-22-18(23-28-20)13-8-9-14(25-3)16(11-13)26-4/h6-12,17H,5H2,1-4H3,(H,21,24)/t12-,17+/m1/s1. The summed E-state index contributed by atoms with van der Waals surface area (Å²) in [7, 11) is 3.13. The molecule has 1 amide bonds. The first-order chi connectivity index (χ1) is 13.6. The summed E-state index contributed by atoms with van der Waals surface area (Å²) < 4.78 is 21.2. The molecule has 1 aromatic carbocycles. The van der Waals surface area contributed by atoms with Gasteiger partial charge < -0.3 is 23.7 Å². The minimum absolute atomic E-state index is 0.0811. The van der Waals surface area contributed by atoms with Crippen LogP contribution in [0.2, 0.25) is 0 Å². The second-order valence-corrected chi connectivity index (χ2v) is 6.34. The summed E-state index contributed by atoms with van der Waals surface area (Å²) in [6.45, 7) is 4.04. The van der Waals surface area contributed by atoms with Crippen molar-refractivity contribution in [1.82, 2.24) is 15.5 Å². The Bertz CT molecular complexity index is 920. The Balaban J connectivity index is 1.87. The van der Waals surface area contributed by atoms with E-state index in [-0.39, 0.29) is 17.6 Å². The lowest BCUT2D eigenvalue weighted by Crippen LogP contribution is -2.32. The van der Waals surface area contributed by atoms with Crippen LogP contribution >= 0.6 is 0 Å². The summed E-state index contributed by atoms with van der Waals surface area (Å²) in [6, 6.07) is 8.18. The zero-order chi connectivity index (χ0) is 20.1. The molecule has 0 aliphatic rings. The lowest BCUT2D eigenvalue weighted by molar-refractivity contribution is 0.0882. The molecule has 2 atom stereocenters. The van der Waals surface area contributed by atoms with Gasteiger partial charge in [-0.25, -0.2) is 0 Å². The summed E-state index contributed by atoms with van der Waals surface area (Å²) in [6.07, 6.45) is 2.27. The van der Waals surface area contributed by atoms with Gasteiger partial charge in [-0.15, -0.1) is 0 Å². The molecule has 0 unspecified atom stereocenters. The molecule has 3 aromatic rings. The molecule has 0 aliphatic heterocycles. The number of benzene rings is 1. The van der Waals surface area contributed by atoms with Crippen LogP contribution in [0, 0.1) is 5.92 Å². The number of ether oxygens (including phenoxy) is 2. The minimum Gasteiger partial charge on any atom is -0.493 e. The van der Waals surface area contributed by atoms with E-state index < -0.39 is 6.04 Å². The average molecular weight is 385 g/mol. The van der Waals surface area contributed by atoms with Crippen LogP contribution in [0.25, 0.3) is 11.4 Å². The van der Waals surface area contributed by atoms with Crippen LogP contribution in [0.15, 0.2) is 45.5 Å². The van der Waals surface area contributed by atoms with E-state index >= 15 is 0 Å². The number of carbonyl (C=O) groups is 1. The van der Waals surface area contributed by atoms with Crippen molar-refractivity contribution in [1.29, 1.82) is 0 Å². The van der Waals surface area contributed by atoms with Gasteiger partial charge in [0.25, 0.3) is 5.91 Å². The second-order valence-electron chi connectivity index (χ2n) is 6.34. The Kier molecular flexibility index (Phi) is 5.98. The lowest BCUT2D eigenvalue weighted by Gasteiger charge is -2.20. The highest BCUT2D eigenvalue weighted by Crippen LogP contribution is 2.32. The van der Waals surface area contributed by atoms with Crippen LogP contribution < -0.4 is 14.8 Å². The van der Waals surface area contributed by atoms with E-state index in [1.165, 1.54) is 6.26 Å². The van der Waals surface area contributed by atoms with Crippen LogP contribution in [0.5, 0.6) is 11.5 Å². The Morgan fingerprint density at radius 3 is 2.64 bits per heavy atom. The molecule has 0 saturated heterocycles. The highest BCUT2D eigenvalue weighted by atomic mass is 16.5. The first kappa shape index (κ1) is 19.5. The Hall–Kier alpha value is -3.29. The first-order valence-electron chi connectivity index (χ1n) is 8.97. The number of hydrogen-bond acceptors (Lipinski definition) is 7. The van der Waals surface area contributed by atoms with E-state index in [1.54, 1.807) is 38.5 Å². The molecular formula is C20H23N3O5. The van der Waals surface area contributed by atoms with E-state index in [9.17, 15) is 4.79 Å². The highest BCUT2D eigenvalue weighted by Gasteiger charge is 2.27. The van der Waals surface area contributed by atoms with Crippen molar-refractivity contribution in [3.63, 3.8) is 0 Å². The number of aromatic nitrogens is 2. The molecule has 2 aromatic heterocycles. The summed E-state index contributed by atoms with van der Waals surface area (Å²) in [5.41, 5.74) is 0.716. The minimum atomic E-state index is -0.441. The topological polar surface area (TPSA) is 99.6 Å². The van der Waals surface area contributed by atoms with Gasteiger partial charge in [-0.3, -0.25) is 4.79 Å². The van der Waals surface area contributed by atoms with Crippen LogP contribution in [0.3, 0.4) is 0 Å². The van der Waals surface area contributed by atoms with Crippen molar-refractivity contribution in [2.45, 2.75) is 26.3 Å². The molecule has 0 saturated carbocycles. The summed E-state index contributed by atoms with van der Waals surface area (Å²) in [5.74, 6) is 1.89. The molecule has 0 bridgehead atoms. The number of methoxy groups -OCH3 is 2. The Morgan fingerprint density at radius 2 is 2.00 bits per heavy atom. The summed E-state index contributed by atoms with van der Waals surface area (Å²) >= 11 is 0. The first-order valence-corrected chi connectivity index (χ1v) is 8.97. The molecule has 1 N–H and O–H groups in total. The molecule has 0 fully saturated rings. The van der Waals surface area contributed by atoms with Crippen molar-refractivity contribution >= 4 is 5.91 Å². The third-order valence-corrected chi connectivity index (χ3v) is 4.59. The lowest BCUT2D eigenvalue weighted by atomic mass is 9.99. The highest BCUT2D eigenvalue weighted by molar-refractivity contribution is 5.91. The third kappa shape index (κ3) is 4.00. The van der Waals surface area contributed by atoms with E-state index in [0.29, 0.717) is 28.8 Å². The predicted molar refractivity (Wildman–Crippen MR) is 101 cm³/mol. The molecule has 8 heteroatoms. The van der Waals surface area contributed by atoms with Crippen molar-refractivity contribution in [2.24, 2.45) is 5.92 Å². The van der Waals surface area contributed by atoms with Crippen molar-refractivity contribution in [2.75, 3.05) is 14.2 Å². The molecule has 0 radical (unpaired) electrons. The summed E-state index contributed by atoms with van der Waals surface area (Å²) in [5, 5.41) is 6.99. The molecule has 28 heavy (non-hydrogen) atoms. The largest absolute Gasteiger partial charge is 0.493 e. The zero-order valence-corrected chi connectivity index (χ0v) is 16.3. The second kappa shape index (κ2) is 8.60. The van der Waals surface area contributed by atoms with Gasteiger partial charge in [-0.05, 0) is 36.2 Å². The molecule has 0 aliphatic carbocycles. The third-order valence-electron chi connectivity index (χ3n) is 4.59. The Morgan fingerprint density at radius 1 is 1.21 bits per heavy atom. The monoisotopic (exact) mass is 385 g/mol. The predicted octanol–water partition coefficient (Wildman–Crippen LogP) is 3.86. The van der Waals surface area contributed by atoms with Crippen molar-refractivity contribution in [3.8, 4) is 22.9 Å². The zero-order valence-electron chi connectivity index (χ0n) is 16.3. The Labute approximate surface area is 162 Å². The molecule has 0 spiro atoms. The quantitative estimate of drug-likeness (QED) is 0.628. The number of carbonyl (C=O) groups excluding carboxylic acids is 1. The van der Waals surface area contributed by atoms with Crippen molar-refractivity contribution in [3.05, 3.63) is 48.2 Å². The molecule has 2 heterocycles. The van der Waals surface area contributed by atoms with E-state index in [1.807, 2.05) is 19.9 Å².